The van der Waals surface area contributed by atoms with Gasteiger partial charge in [-0.15, -0.1) is 0 Å². The SMILES string of the molecule is NC(=O)N1CCC1C1=CC=COC=C1. The number of ether oxygens (including phenoxy) is 1. The molecule has 14 heavy (non-hydrogen) atoms. The van der Waals surface area contributed by atoms with Crippen molar-refractivity contribution in [3.63, 3.8) is 0 Å². The lowest BCUT2D eigenvalue weighted by atomic mass is 9.94. The van der Waals surface area contributed by atoms with E-state index in [0.29, 0.717) is 0 Å². The quantitative estimate of drug-likeness (QED) is 0.677. The van der Waals surface area contributed by atoms with Gasteiger partial charge in [0.1, 0.15) is 0 Å². The Bertz CT molecular complexity index is 331. The molecule has 0 bridgehead atoms. The van der Waals surface area contributed by atoms with Gasteiger partial charge in [-0.05, 0) is 24.1 Å². The third-order valence-electron chi connectivity index (χ3n) is 2.47. The molecule has 0 aromatic rings. The van der Waals surface area contributed by atoms with E-state index < -0.39 is 0 Å². The van der Waals surface area contributed by atoms with Crippen molar-refractivity contribution in [1.29, 1.82) is 0 Å². The van der Waals surface area contributed by atoms with Crippen molar-refractivity contribution in [2.24, 2.45) is 5.73 Å². The number of nitrogens with zero attached hydrogens (tertiary/aromatic N) is 1. The van der Waals surface area contributed by atoms with Crippen LogP contribution in [-0.4, -0.2) is 23.5 Å². The topological polar surface area (TPSA) is 55.6 Å². The molecule has 2 aliphatic heterocycles. The van der Waals surface area contributed by atoms with Crippen LogP contribution in [0.15, 0.2) is 36.3 Å². The number of rotatable bonds is 1. The molecule has 2 aliphatic rings. The maximum absolute atomic E-state index is 11.0. The Morgan fingerprint density at radius 1 is 1.57 bits per heavy atom. The molecular formula is C10H12N2O2. The molecule has 1 saturated heterocycles. The summed E-state index contributed by atoms with van der Waals surface area (Å²) < 4.78 is 4.99. The fourth-order valence-electron chi connectivity index (χ4n) is 1.63. The smallest absolute Gasteiger partial charge is 0.315 e. The molecule has 1 atom stereocenters. The van der Waals surface area contributed by atoms with Crippen LogP contribution in [0, 0.1) is 0 Å². The van der Waals surface area contributed by atoms with Gasteiger partial charge in [-0.3, -0.25) is 0 Å². The highest BCUT2D eigenvalue weighted by Crippen LogP contribution is 2.25. The molecule has 2 heterocycles. The van der Waals surface area contributed by atoms with Gasteiger partial charge in [0.25, 0.3) is 0 Å². The zero-order valence-corrected chi connectivity index (χ0v) is 7.72. The van der Waals surface area contributed by atoms with E-state index in [-0.39, 0.29) is 12.1 Å². The lowest BCUT2D eigenvalue weighted by molar-refractivity contribution is 0.143. The van der Waals surface area contributed by atoms with Crippen LogP contribution in [0.4, 0.5) is 4.79 Å². The van der Waals surface area contributed by atoms with Crippen molar-refractivity contribution in [3.05, 3.63) is 36.3 Å². The highest BCUT2D eigenvalue weighted by Gasteiger charge is 2.32. The minimum absolute atomic E-state index is 0.120. The average Bonchev–Trinajstić information content (AvgIpc) is 2.29. The predicted molar refractivity (Wildman–Crippen MR) is 52.1 cm³/mol. The lowest BCUT2D eigenvalue weighted by Crippen LogP contribution is -2.53. The summed E-state index contributed by atoms with van der Waals surface area (Å²) in [7, 11) is 0. The maximum Gasteiger partial charge on any atom is 0.315 e. The molecule has 0 aromatic heterocycles. The Hall–Kier alpha value is -1.71. The Kier molecular flexibility index (Phi) is 2.26. The van der Waals surface area contributed by atoms with Crippen molar-refractivity contribution in [1.82, 2.24) is 4.90 Å². The number of carbonyl (C=O) groups excluding carboxylic acids is 1. The molecule has 0 radical (unpaired) electrons. The largest absolute Gasteiger partial charge is 0.473 e. The number of allylic oxidation sites excluding steroid dienone is 2. The summed E-state index contributed by atoms with van der Waals surface area (Å²) in [5, 5.41) is 0. The Morgan fingerprint density at radius 3 is 3.07 bits per heavy atom. The first-order chi connectivity index (χ1) is 6.79. The first-order valence-electron chi connectivity index (χ1n) is 4.54. The monoisotopic (exact) mass is 192 g/mol. The number of carbonyl (C=O) groups is 1. The van der Waals surface area contributed by atoms with Crippen LogP contribution in [0.2, 0.25) is 0 Å². The summed E-state index contributed by atoms with van der Waals surface area (Å²) >= 11 is 0. The van der Waals surface area contributed by atoms with Crippen molar-refractivity contribution in [3.8, 4) is 0 Å². The van der Waals surface area contributed by atoms with Gasteiger partial charge in [0, 0.05) is 6.54 Å². The summed E-state index contributed by atoms with van der Waals surface area (Å²) in [6, 6.07) is -0.236. The highest BCUT2D eigenvalue weighted by molar-refractivity contribution is 5.74. The average molecular weight is 192 g/mol. The fraction of sp³-hybridized carbons (Fsp3) is 0.300. The second-order valence-electron chi connectivity index (χ2n) is 3.27. The van der Waals surface area contributed by atoms with Gasteiger partial charge in [0.2, 0.25) is 0 Å². The van der Waals surface area contributed by atoms with Gasteiger partial charge in [-0.25, -0.2) is 4.79 Å². The Morgan fingerprint density at radius 2 is 2.43 bits per heavy atom. The molecule has 0 saturated carbocycles. The summed E-state index contributed by atoms with van der Waals surface area (Å²) in [6.07, 6.45) is 9.77. The number of urea groups is 1. The number of likely N-dealkylation sites (tertiary alicyclic amines) is 1. The summed E-state index contributed by atoms with van der Waals surface area (Å²) in [5.41, 5.74) is 6.28. The number of hydrogen-bond acceptors (Lipinski definition) is 2. The summed E-state index contributed by atoms with van der Waals surface area (Å²) in [4.78, 5) is 12.6. The third kappa shape index (κ3) is 1.51. The van der Waals surface area contributed by atoms with Crippen LogP contribution < -0.4 is 5.73 Å². The van der Waals surface area contributed by atoms with Crippen LogP contribution in [0.5, 0.6) is 0 Å². The number of nitrogens with two attached hydrogens (primary N) is 1. The van der Waals surface area contributed by atoms with Crippen molar-refractivity contribution < 1.29 is 9.53 Å². The van der Waals surface area contributed by atoms with E-state index in [2.05, 4.69) is 0 Å². The second kappa shape index (κ2) is 3.57. The van der Waals surface area contributed by atoms with Crippen LogP contribution in [0.3, 0.4) is 0 Å². The van der Waals surface area contributed by atoms with Gasteiger partial charge < -0.3 is 15.4 Å². The Labute approximate surface area is 82.3 Å². The van der Waals surface area contributed by atoms with E-state index in [1.807, 2.05) is 18.2 Å². The summed E-state index contributed by atoms with van der Waals surface area (Å²) in [5.74, 6) is 0. The molecule has 1 unspecified atom stereocenters. The highest BCUT2D eigenvalue weighted by atomic mass is 16.5. The van der Waals surface area contributed by atoms with E-state index in [0.717, 1.165) is 18.5 Å². The fourth-order valence-corrected chi connectivity index (χ4v) is 1.63. The predicted octanol–water partition coefficient (Wildman–Crippen LogP) is 1.12. The molecule has 2 N–H and O–H groups in total. The molecule has 4 nitrogen and oxygen atoms in total. The van der Waals surface area contributed by atoms with Crippen LogP contribution in [0.1, 0.15) is 6.42 Å². The van der Waals surface area contributed by atoms with E-state index in [1.165, 1.54) is 0 Å². The molecular weight excluding hydrogens is 180 g/mol. The van der Waals surface area contributed by atoms with Crippen molar-refractivity contribution in [2.75, 3.05) is 6.54 Å². The number of hydrogen-bond donors (Lipinski definition) is 1. The maximum atomic E-state index is 11.0. The molecule has 1 fully saturated rings. The van der Waals surface area contributed by atoms with Crippen molar-refractivity contribution >= 4 is 6.03 Å². The molecule has 2 rings (SSSR count). The zero-order chi connectivity index (χ0) is 9.97. The zero-order valence-electron chi connectivity index (χ0n) is 7.72. The van der Waals surface area contributed by atoms with Crippen LogP contribution in [-0.2, 0) is 4.74 Å². The minimum atomic E-state index is -0.357. The minimum Gasteiger partial charge on any atom is -0.473 e. The lowest BCUT2D eigenvalue weighted by Gasteiger charge is -2.40. The van der Waals surface area contributed by atoms with Crippen molar-refractivity contribution in [2.45, 2.75) is 12.5 Å². The number of primary amides is 1. The van der Waals surface area contributed by atoms with Crippen LogP contribution >= 0.6 is 0 Å². The molecule has 4 heteroatoms. The van der Waals surface area contributed by atoms with Gasteiger partial charge in [0.05, 0.1) is 18.6 Å². The summed E-state index contributed by atoms with van der Waals surface area (Å²) in [6.45, 7) is 0.746. The molecule has 0 aliphatic carbocycles. The van der Waals surface area contributed by atoms with Gasteiger partial charge in [-0.1, -0.05) is 6.08 Å². The van der Waals surface area contributed by atoms with Gasteiger partial charge >= 0.3 is 6.03 Å². The van der Waals surface area contributed by atoms with E-state index >= 15 is 0 Å². The van der Waals surface area contributed by atoms with E-state index in [1.54, 1.807) is 17.4 Å². The molecule has 2 amide bonds. The Balaban J connectivity index is 2.11. The second-order valence-corrected chi connectivity index (χ2v) is 3.27. The first-order valence-corrected chi connectivity index (χ1v) is 4.54. The molecule has 0 spiro atoms. The third-order valence-corrected chi connectivity index (χ3v) is 2.47. The normalized spacial score (nSPS) is 24.7. The van der Waals surface area contributed by atoms with E-state index in [9.17, 15) is 4.79 Å². The van der Waals surface area contributed by atoms with E-state index in [4.69, 9.17) is 10.5 Å². The van der Waals surface area contributed by atoms with Gasteiger partial charge in [0.15, 0.2) is 0 Å². The number of amides is 2. The van der Waals surface area contributed by atoms with Gasteiger partial charge in [-0.2, -0.15) is 0 Å². The van der Waals surface area contributed by atoms with Crippen LogP contribution in [0.25, 0.3) is 0 Å². The first kappa shape index (κ1) is 8.87. The molecule has 74 valence electrons. The molecule has 0 aromatic carbocycles. The standard InChI is InChI=1S/C10H12N2O2/c11-10(13)12-5-3-9(12)8-2-1-6-14-7-4-8/h1-2,4,6-7,9H,3,5H2,(H2,11,13).